The van der Waals surface area contributed by atoms with Gasteiger partial charge >= 0.3 is 0 Å². The average Bonchev–Trinajstić information content (AvgIpc) is 2.78. The van der Waals surface area contributed by atoms with Crippen LogP contribution in [0.5, 0.6) is 0 Å². The van der Waals surface area contributed by atoms with Crippen LogP contribution in [-0.4, -0.2) is 53.2 Å². The Morgan fingerprint density at radius 2 is 2.31 bits per heavy atom. The Morgan fingerprint density at radius 3 is 2.94 bits per heavy atom. The monoisotopic (exact) mass is 222 g/mol. The number of hydrogen-bond donors (Lipinski definition) is 1. The van der Waals surface area contributed by atoms with E-state index in [2.05, 4.69) is 33.9 Å². The molecule has 88 valence electrons. The molecule has 0 saturated carbocycles. The van der Waals surface area contributed by atoms with Crippen LogP contribution in [0.3, 0.4) is 0 Å². The molecule has 0 amide bonds. The van der Waals surface area contributed by atoms with Crippen molar-refractivity contribution in [2.75, 3.05) is 32.1 Å². The molecule has 1 aromatic rings. The Hall–Kier alpha value is -1.20. The van der Waals surface area contributed by atoms with Gasteiger partial charge in [-0.1, -0.05) is 0 Å². The number of hydrogen-bond acceptors (Lipinski definition) is 5. The van der Waals surface area contributed by atoms with Crippen LogP contribution >= 0.6 is 0 Å². The number of aliphatic hydroxyl groups excluding tert-OH is 1. The number of anilines is 1. The van der Waals surface area contributed by atoms with Crippen LogP contribution in [0.25, 0.3) is 0 Å². The molecule has 1 aliphatic heterocycles. The first kappa shape index (κ1) is 11.3. The minimum Gasteiger partial charge on any atom is -0.390 e. The van der Waals surface area contributed by atoms with Crippen molar-refractivity contribution in [3.63, 3.8) is 0 Å². The molecule has 0 aromatic carbocycles. The SMILES string of the molecule is CN(C)C1CCN(c2cncc(CO)n2)C1. The Morgan fingerprint density at radius 1 is 1.50 bits per heavy atom. The van der Waals surface area contributed by atoms with Gasteiger partial charge in [0.25, 0.3) is 0 Å². The zero-order valence-electron chi connectivity index (χ0n) is 9.80. The minimum atomic E-state index is -0.0498. The predicted octanol–water partition coefficient (Wildman–Crippen LogP) is 0.109. The topological polar surface area (TPSA) is 52.5 Å². The van der Waals surface area contributed by atoms with Gasteiger partial charge in [-0.3, -0.25) is 4.98 Å². The normalized spacial score (nSPS) is 20.8. The molecule has 1 N–H and O–H groups in total. The van der Waals surface area contributed by atoms with E-state index in [0.717, 1.165) is 25.3 Å². The summed E-state index contributed by atoms with van der Waals surface area (Å²) in [6.07, 6.45) is 4.51. The summed E-state index contributed by atoms with van der Waals surface area (Å²) in [7, 11) is 4.20. The third kappa shape index (κ3) is 2.31. The largest absolute Gasteiger partial charge is 0.390 e. The summed E-state index contributed by atoms with van der Waals surface area (Å²) in [5.74, 6) is 0.871. The highest BCUT2D eigenvalue weighted by Gasteiger charge is 2.24. The van der Waals surface area contributed by atoms with Gasteiger partial charge in [0.2, 0.25) is 0 Å². The van der Waals surface area contributed by atoms with Crippen molar-refractivity contribution >= 4 is 5.82 Å². The first-order valence-electron chi connectivity index (χ1n) is 5.54. The summed E-state index contributed by atoms with van der Waals surface area (Å²) in [5, 5.41) is 9.02. The molecule has 2 heterocycles. The molecule has 1 aromatic heterocycles. The van der Waals surface area contributed by atoms with Gasteiger partial charge in [0.1, 0.15) is 5.82 Å². The summed E-state index contributed by atoms with van der Waals surface area (Å²) in [4.78, 5) is 12.9. The van der Waals surface area contributed by atoms with E-state index in [1.165, 1.54) is 0 Å². The van der Waals surface area contributed by atoms with E-state index in [9.17, 15) is 0 Å². The van der Waals surface area contributed by atoms with Crippen LogP contribution in [-0.2, 0) is 6.61 Å². The Bertz CT molecular complexity index is 356. The smallest absolute Gasteiger partial charge is 0.147 e. The Balaban J connectivity index is 2.08. The van der Waals surface area contributed by atoms with Crippen molar-refractivity contribution in [2.45, 2.75) is 19.1 Å². The van der Waals surface area contributed by atoms with Crippen LogP contribution in [0, 0.1) is 0 Å². The second-order valence-corrected chi connectivity index (χ2v) is 4.38. The predicted molar refractivity (Wildman–Crippen MR) is 62.3 cm³/mol. The second kappa shape index (κ2) is 4.76. The van der Waals surface area contributed by atoms with Gasteiger partial charge in [-0.2, -0.15) is 0 Å². The van der Waals surface area contributed by atoms with E-state index in [-0.39, 0.29) is 6.61 Å². The highest BCUT2D eigenvalue weighted by molar-refractivity contribution is 5.38. The fraction of sp³-hybridized carbons (Fsp3) is 0.636. The van der Waals surface area contributed by atoms with Gasteiger partial charge in [-0.15, -0.1) is 0 Å². The van der Waals surface area contributed by atoms with Crippen LogP contribution in [0.4, 0.5) is 5.82 Å². The van der Waals surface area contributed by atoms with Gasteiger partial charge in [0.15, 0.2) is 0 Å². The van der Waals surface area contributed by atoms with Crippen LogP contribution in [0.15, 0.2) is 12.4 Å². The third-order valence-corrected chi connectivity index (χ3v) is 3.05. The molecule has 2 rings (SSSR count). The van der Waals surface area contributed by atoms with Crippen LogP contribution in [0.1, 0.15) is 12.1 Å². The van der Waals surface area contributed by atoms with Gasteiger partial charge in [0, 0.05) is 19.1 Å². The summed E-state index contributed by atoms with van der Waals surface area (Å²) >= 11 is 0. The highest BCUT2D eigenvalue weighted by atomic mass is 16.3. The van der Waals surface area contributed by atoms with E-state index in [4.69, 9.17) is 5.11 Å². The van der Waals surface area contributed by atoms with Gasteiger partial charge in [-0.25, -0.2) is 4.98 Å². The summed E-state index contributed by atoms with van der Waals surface area (Å²) in [6, 6.07) is 0.583. The molecular weight excluding hydrogens is 204 g/mol. The van der Waals surface area contributed by atoms with Crippen molar-refractivity contribution in [1.82, 2.24) is 14.9 Å². The first-order valence-corrected chi connectivity index (χ1v) is 5.54. The number of aliphatic hydroxyl groups is 1. The molecule has 0 spiro atoms. The van der Waals surface area contributed by atoms with Crippen molar-refractivity contribution in [3.8, 4) is 0 Å². The number of likely N-dealkylation sites (N-methyl/N-ethyl adjacent to an activating group) is 1. The van der Waals surface area contributed by atoms with E-state index < -0.39 is 0 Å². The maximum Gasteiger partial charge on any atom is 0.147 e. The quantitative estimate of drug-likeness (QED) is 0.786. The molecule has 1 atom stereocenters. The lowest BCUT2D eigenvalue weighted by Gasteiger charge is -2.20. The maximum atomic E-state index is 9.02. The molecule has 1 aliphatic rings. The molecule has 1 fully saturated rings. The second-order valence-electron chi connectivity index (χ2n) is 4.38. The first-order chi connectivity index (χ1) is 7.70. The van der Waals surface area contributed by atoms with Gasteiger partial charge < -0.3 is 14.9 Å². The summed E-state index contributed by atoms with van der Waals surface area (Å²) in [5.41, 5.74) is 0.630. The number of aromatic nitrogens is 2. The lowest BCUT2D eigenvalue weighted by molar-refractivity contribution is 0.276. The van der Waals surface area contributed by atoms with E-state index in [0.29, 0.717) is 11.7 Å². The molecule has 0 radical (unpaired) electrons. The molecule has 1 saturated heterocycles. The standard InChI is InChI=1S/C11H18N4O/c1-14(2)10-3-4-15(7-10)11-6-12-5-9(8-16)13-11/h5-6,10,16H,3-4,7-8H2,1-2H3. The van der Waals surface area contributed by atoms with E-state index >= 15 is 0 Å². The van der Waals surface area contributed by atoms with Gasteiger partial charge in [-0.05, 0) is 20.5 Å². The molecule has 5 heteroatoms. The average molecular weight is 222 g/mol. The molecule has 1 unspecified atom stereocenters. The van der Waals surface area contributed by atoms with E-state index in [1.807, 2.05) is 0 Å². The minimum absolute atomic E-state index is 0.0498. The summed E-state index contributed by atoms with van der Waals surface area (Å²) in [6.45, 7) is 1.94. The van der Waals surface area contributed by atoms with Crippen LogP contribution in [0.2, 0.25) is 0 Å². The molecule has 0 aliphatic carbocycles. The lowest BCUT2D eigenvalue weighted by atomic mass is 10.2. The molecule has 0 bridgehead atoms. The lowest BCUT2D eigenvalue weighted by Crippen LogP contribution is -2.31. The maximum absolute atomic E-state index is 9.02. The number of nitrogens with zero attached hydrogens (tertiary/aromatic N) is 4. The zero-order chi connectivity index (χ0) is 11.5. The van der Waals surface area contributed by atoms with Crippen molar-refractivity contribution < 1.29 is 5.11 Å². The Kier molecular flexibility index (Phi) is 3.36. The fourth-order valence-corrected chi connectivity index (χ4v) is 1.99. The molecule has 5 nitrogen and oxygen atoms in total. The highest BCUT2D eigenvalue weighted by Crippen LogP contribution is 2.19. The number of rotatable bonds is 3. The summed E-state index contributed by atoms with van der Waals surface area (Å²) < 4.78 is 0. The van der Waals surface area contributed by atoms with Crippen molar-refractivity contribution in [1.29, 1.82) is 0 Å². The van der Waals surface area contributed by atoms with E-state index in [1.54, 1.807) is 12.4 Å². The van der Waals surface area contributed by atoms with Gasteiger partial charge in [0.05, 0.1) is 24.7 Å². The third-order valence-electron chi connectivity index (χ3n) is 3.05. The Labute approximate surface area is 95.7 Å². The molecule has 16 heavy (non-hydrogen) atoms. The van der Waals surface area contributed by atoms with Crippen molar-refractivity contribution in [3.05, 3.63) is 18.1 Å². The fourth-order valence-electron chi connectivity index (χ4n) is 1.99. The van der Waals surface area contributed by atoms with Crippen molar-refractivity contribution in [2.24, 2.45) is 0 Å². The molecular formula is C11H18N4O. The zero-order valence-corrected chi connectivity index (χ0v) is 9.80. The van der Waals surface area contributed by atoms with Crippen LogP contribution < -0.4 is 4.90 Å².